The fourth-order valence-electron chi connectivity index (χ4n) is 7.13. The summed E-state index contributed by atoms with van der Waals surface area (Å²) < 4.78 is 15.1. The zero-order valence-corrected chi connectivity index (χ0v) is 27.6. The molecule has 2 amide bonds. The number of anilines is 1. The summed E-state index contributed by atoms with van der Waals surface area (Å²) in [5.41, 5.74) is 3.58. The van der Waals surface area contributed by atoms with Crippen molar-refractivity contribution in [2.45, 2.75) is 96.9 Å². The molecule has 240 valence electrons. The van der Waals surface area contributed by atoms with Gasteiger partial charge >= 0.3 is 0 Å². The summed E-state index contributed by atoms with van der Waals surface area (Å²) in [6.07, 6.45) is 3.27. The highest BCUT2D eigenvalue weighted by Crippen LogP contribution is 2.39. The van der Waals surface area contributed by atoms with Gasteiger partial charge in [0.2, 0.25) is 5.91 Å². The minimum Gasteiger partial charge on any atom is -0.389 e. The third-order valence-corrected chi connectivity index (χ3v) is 9.55. The Morgan fingerprint density at radius 2 is 1.62 bits per heavy atom. The van der Waals surface area contributed by atoms with Crippen LogP contribution in [0.1, 0.15) is 99.0 Å². The van der Waals surface area contributed by atoms with Gasteiger partial charge in [-0.15, -0.1) is 0 Å². The molecule has 0 saturated carbocycles. The lowest BCUT2D eigenvalue weighted by molar-refractivity contribution is -0.123. The largest absolute Gasteiger partial charge is 0.389 e. The van der Waals surface area contributed by atoms with Crippen LogP contribution in [0.25, 0.3) is 0 Å². The third-order valence-electron chi connectivity index (χ3n) is 9.55. The lowest BCUT2D eigenvalue weighted by Crippen LogP contribution is -2.47. The van der Waals surface area contributed by atoms with Gasteiger partial charge in [0.05, 0.1) is 23.1 Å². The second-order valence-electron chi connectivity index (χ2n) is 14.5. The van der Waals surface area contributed by atoms with E-state index in [4.69, 9.17) is 0 Å². The van der Waals surface area contributed by atoms with Crippen molar-refractivity contribution in [3.8, 4) is 0 Å². The number of benzene rings is 3. The van der Waals surface area contributed by atoms with Crippen LogP contribution < -0.4 is 5.32 Å². The Bertz CT molecular complexity index is 1500. The van der Waals surface area contributed by atoms with E-state index in [-0.39, 0.29) is 22.9 Å². The quantitative estimate of drug-likeness (QED) is 0.291. The maximum absolute atomic E-state index is 15.1. The first-order valence-corrected chi connectivity index (χ1v) is 16.3. The summed E-state index contributed by atoms with van der Waals surface area (Å²) in [7, 11) is 0. The molecule has 2 aliphatic heterocycles. The van der Waals surface area contributed by atoms with E-state index in [1.165, 1.54) is 6.07 Å². The highest BCUT2D eigenvalue weighted by Gasteiger charge is 2.41. The number of likely N-dealkylation sites (tertiary alicyclic amines) is 2. The van der Waals surface area contributed by atoms with E-state index in [2.05, 4.69) is 49.2 Å². The van der Waals surface area contributed by atoms with E-state index in [9.17, 15) is 14.7 Å². The molecule has 2 heterocycles. The first-order chi connectivity index (χ1) is 21.2. The number of aryl methyl sites for hydroxylation is 1. The molecule has 45 heavy (non-hydrogen) atoms. The maximum atomic E-state index is 15.1. The number of aliphatic hydroxyl groups is 1. The summed E-state index contributed by atoms with van der Waals surface area (Å²) in [4.78, 5) is 32.1. The SMILES string of the molecule is Cc1cccc(F)c1C(=O)N1CCC[C@H](C(=O)Nc2cccc(C(C)(C)C)c2)C1c1ccc(CN2CCCC2C(C)(C)O)cc1. The number of piperidine rings is 1. The van der Waals surface area contributed by atoms with Gasteiger partial charge in [-0.05, 0) is 98.9 Å². The molecule has 0 spiro atoms. The van der Waals surface area contributed by atoms with E-state index in [1.54, 1.807) is 24.0 Å². The van der Waals surface area contributed by atoms with Gasteiger partial charge in [0, 0.05) is 24.8 Å². The van der Waals surface area contributed by atoms with Crippen LogP contribution in [-0.2, 0) is 16.8 Å². The van der Waals surface area contributed by atoms with Gasteiger partial charge in [-0.25, -0.2) is 4.39 Å². The van der Waals surface area contributed by atoms with Crippen molar-refractivity contribution in [1.29, 1.82) is 0 Å². The smallest absolute Gasteiger partial charge is 0.257 e. The Labute approximate surface area is 267 Å². The van der Waals surface area contributed by atoms with Gasteiger partial charge in [0.15, 0.2) is 0 Å². The Morgan fingerprint density at radius 3 is 2.29 bits per heavy atom. The molecule has 2 aliphatic rings. The number of nitrogens with one attached hydrogen (secondary N) is 1. The van der Waals surface area contributed by atoms with Crippen LogP contribution in [0.2, 0.25) is 0 Å². The summed E-state index contributed by atoms with van der Waals surface area (Å²) >= 11 is 0. The molecule has 2 unspecified atom stereocenters. The lowest BCUT2D eigenvalue weighted by Gasteiger charge is -2.41. The summed E-state index contributed by atoms with van der Waals surface area (Å²) in [6, 6.07) is 20.3. The third kappa shape index (κ3) is 7.31. The van der Waals surface area contributed by atoms with Crippen LogP contribution in [0.15, 0.2) is 66.7 Å². The number of amides is 2. The van der Waals surface area contributed by atoms with Crippen molar-refractivity contribution in [3.05, 3.63) is 100 Å². The predicted octanol–water partition coefficient (Wildman–Crippen LogP) is 7.40. The summed E-state index contributed by atoms with van der Waals surface area (Å²) in [6.45, 7) is 14.0. The predicted molar refractivity (Wildman–Crippen MR) is 178 cm³/mol. The molecule has 0 aliphatic carbocycles. The van der Waals surface area contributed by atoms with E-state index >= 15 is 4.39 Å². The van der Waals surface area contributed by atoms with Crippen molar-refractivity contribution in [3.63, 3.8) is 0 Å². The fraction of sp³-hybridized carbons (Fsp3) is 0.474. The Morgan fingerprint density at radius 1 is 0.933 bits per heavy atom. The number of rotatable bonds is 7. The van der Waals surface area contributed by atoms with Crippen molar-refractivity contribution in [2.75, 3.05) is 18.4 Å². The van der Waals surface area contributed by atoms with E-state index < -0.39 is 29.3 Å². The molecule has 3 aromatic carbocycles. The molecular weight excluding hydrogens is 565 g/mol. The standard InChI is InChI=1S/C38H48FN3O3/c1-25-11-7-15-31(39)33(25)36(44)42-22-9-14-30(35(43)40-29-13-8-12-28(23-29)37(2,3)4)34(42)27-19-17-26(18-20-27)24-41-21-10-16-32(41)38(5,6)45/h7-8,11-13,15,17-20,23,30,32,34,45H,9-10,14,16,21-22,24H2,1-6H3,(H,40,43)/t30-,32?,34?/m0/s1. The van der Waals surface area contributed by atoms with Crippen LogP contribution in [0, 0.1) is 18.7 Å². The molecule has 3 atom stereocenters. The molecule has 7 heteroatoms. The number of hydrogen-bond donors (Lipinski definition) is 2. The Hall–Kier alpha value is -3.55. The molecule has 5 rings (SSSR count). The van der Waals surface area contributed by atoms with E-state index in [0.717, 1.165) is 41.8 Å². The maximum Gasteiger partial charge on any atom is 0.257 e. The first kappa shape index (κ1) is 32.8. The topological polar surface area (TPSA) is 72.9 Å². The van der Waals surface area contributed by atoms with E-state index in [1.807, 2.05) is 44.2 Å². The van der Waals surface area contributed by atoms with Gasteiger partial charge in [-0.1, -0.05) is 69.3 Å². The number of carbonyl (C=O) groups is 2. The van der Waals surface area contributed by atoms with Crippen LogP contribution in [0.5, 0.6) is 0 Å². The highest BCUT2D eigenvalue weighted by molar-refractivity contribution is 5.98. The number of hydrogen-bond acceptors (Lipinski definition) is 4. The molecule has 0 aromatic heterocycles. The molecule has 2 fully saturated rings. The zero-order valence-electron chi connectivity index (χ0n) is 27.6. The average molecular weight is 614 g/mol. The minimum atomic E-state index is -0.781. The van der Waals surface area contributed by atoms with Crippen LogP contribution in [0.4, 0.5) is 10.1 Å². The van der Waals surface area contributed by atoms with E-state index in [0.29, 0.717) is 31.5 Å². The monoisotopic (exact) mass is 613 g/mol. The van der Waals surface area contributed by atoms with Gasteiger partial charge in [0.25, 0.3) is 5.91 Å². The molecule has 0 radical (unpaired) electrons. The second-order valence-corrected chi connectivity index (χ2v) is 14.5. The number of carbonyl (C=O) groups excluding carboxylic acids is 2. The molecule has 2 saturated heterocycles. The summed E-state index contributed by atoms with van der Waals surface area (Å²) in [5.74, 6) is -1.61. The number of halogens is 1. The van der Waals surface area contributed by atoms with Crippen molar-refractivity contribution >= 4 is 17.5 Å². The van der Waals surface area contributed by atoms with Gasteiger partial charge in [-0.2, -0.15) is 0 Å². The Kier molecular flexibility index (Phi) is 9.52. The summed E-state index contributed by atoms with van der Waals surface area (Å²) in [5, 5.41) is 13.8. The van der Waals surface area contributed by atoms with Crippen molar-refractivity contribution in [2.24, 2.45) is 5.92 Å². The van der Waals surface area contributed by atoms with Crippen LogP contribution in [0.3, 0.4) is 0 Å². The number of nitrogens with zero attached hydrogens (tertiary/aromatic N) is 2. The average Bonchev–Trinajstić information content (AvgIpc) is 3.46. The zero-order chi connectivity index (χ0) is 32.5. The van der Waals surface area contributed by atoms with Gasteiger partial charge in [-0.3, -0.25) is 14.5 Å². The van der Waals surface area contributed by atoms with Crippen molar-refractivity contribution in [1.82, 2.24) is 9.80 Å². The molecule has 0 bridgehead atoms. The van der Waals surface area contributed by atoms with Crippen LogP contribution >= 0.6 is 0 Å². The van der Waals surface area contributed by atoms with Crippen molar-refractivity contribution < 1.29 is 19.1 Å². The Balaban J connectivity index is 1.46. The minimum absolute atomic E-state index is 0.0600. The molecular formula is C38H48FN3O3. The van der Waals surface area contributed by atoms with Gasteiger partial charge < -0.3 is 15.3 Å². The fourth-order valence-corrected chi connectivity index (χ4v) is 7.13. The normalized spacial score (nSPS) is 21.2. The molecule has 6 nitrogen and oxygen atoms in total. The highest BCUT2D eigenvalue weighted by atomic mass is 19.1. The van der Waals surface area contributed by atoms with Gasteiger partial charge in [0.1, 0.15) is 5.82 Å². The molecule has 2 N–H and O–H groups in total. The molecule has 3 aromatic rings. The lowest BCUT2D eigenvalue weighted by atomic mass is 9.82. The van der Waals surface area contributed by atoms with Crippen LogP contribution in [-0.4, -0.2) is 51.5 Å². The second kappa shape index (κ2) is 13.1. The first-order valence-electron chi connectivity index (χ1n) is 16.3.